The number of carboxylic acids is 1. The molecule has 3 rings (SSSR count). The molecule has 1 N–H and O–H groups in total. The number of sulfonamides is 1. The van der Waals surface area contributed by atoms with Crippen LogP contribution in [0.5, 0.6) is 0 Å². The van der Waals surface area contributed by atoms with Crippen LogP contribution in [0.25, 0.3) is 0 Å². The van der Waals surface area contributed by atoms with Crippen LogP contribution in [0.3, 0.4) is 0 Å². The number of nitrogens with zero attached hydrogens (tertiary/aromatic N) is 1. The summed E-state index contributed by atoms with van der Waals surface area (Å²) in [7, 11) is -3.91. The first-order chi connectivity index (χ1) is 12.8. The summed E-state index contributed by atoms with van der Waals surface area (Å²) in [6.45, 7) is 3.71. The predicted molar refractivity (Wildman–Crippen MR) is 104 cm³/mol. The molecular weight excluding hydrogens is 386 g/mol. The molecule has 7 heteroatoms. The van der Waals surface area contributed by atoms with Gasteiger partial charge in [0.05, 0.1) is 16.5 Å². The van der Waals surface area contributed by atoms with Crippen molar-refractivity contribution < 1.29 is 18.3 Å². The van der Waals surface area contributed by atoms with E-state index in [4.69, 9.17) is 11.6 Å². The molecule has 0 aromatic heterocycles. The van der Waals surface area contributed by atoms with E-state index in [9.17, 15) is 18.3 Å². The minimum atomic E-state index is -3.91. The second kappa shape index (κ2) is 7.46. The Balaban J connectivity index is 2.16. The van der Waals surface area contributed by atoms with Crippen molar-refractivity contribution in [2.45, 2.75) is 37.2 Å². The molecule has 2 aromatic carbocycles. The number of halogens is 1. The van der Waals surface area contributed by atoms with Crippen molar-refractivity contribution in [2.24, 2.45) is 0 Å². The van der Waals surface area contributed by atoms with Crippen molar-refractivity contribution in [3.8, 4) is 0 Å². The van der Waals surface area contributed by atoms with Gasteiger partial charge in [-0.3, -0.25) is 0 Å². The van der Waals surface area contributed by atoms with E-state index in [-0.39, 0.29) is 10.5 Å². The minimum absolute atomic E-state index is 0.0554. The smallest absolute Gasteiger partial charge is 0.333 e. The van der Waals surface area contributed by atoms with Gasteiger partial charge in [-0.2, -0.15) is 4.31 Å². The molecule has 0 unspecified atom stereocenters. The number of aryl methyl sites for hydroxylation is 1. The molecule has 27 heavy (non-hydrogen) atoms. The van der Waals surface area contributed by atoms with Crippen LogP contribution in [0, 0.1) is 6.92 Å². The van der Waals surface area contributed by atoms with E-state index in [0.29, 0.717) is 17.0 Å². The van der Waals surface area contributed by atoms with Gasteiger partial charge in [-0.25, -0.2) is 13.2 Å². The number of rotatable bonds is 5. The molecule has 0 saturated heterocycles. The lowest BCUT2D eigenvalue weighted by atomic mass is 10.0. The van der Waals surface area contributed by atoms with Crippen LogP contribution >= 0.6 is 11.6 Å². The van der Waals surface area contributed by atoms with E-state index in [1.165, 1.54) is 10.4 Å². The summed E-state index contributed by atoms with van der Waals surface area (Å²) in [6, 6.07) is 11.7. The maximum absolute atomic E-state index is 13.4. The van der Waals surface area contributed by atoms with Crippen LogP contribution in [0.15, 0.2) is 65.1 Å². The van der Waals surface area contributed by atoms with Crippen LogP contribution in [0.4, 0.5) is 0 Å². The molecule has 1 aliphatic rings. The van der Waals surface area contributed by atoms with Crippen LogP contribution < -0.4 is 0 Å². The van der Waals surface area contributed by atoms with Crippen molar-refractivity contribution in [2.75, 3.05) is 0 Å². The monoisotopic (exact) mass is 405 g/mol. The summed E-state index contributed by atoms with van der Waals surface area (Å²) in [4.78, 5) is 12.0. The quantitative estimate of drug-likeness (QED) is 0.809. The largest absolute Gasteiger partial charge is 0.478 e. The third-order valence-corrected chi connectivity index (χ3v) is 6.85. The molecule has 0 bridgehead atoms. The van der Waals surface area contributed by atoms with Gasteiger partial charge in [0.2, 0.25) is 10.0 Å². The second-order valence-electron chi connectivity index (χ2n) is 6.50. The number of aliphatic carboxylic acids is 1. The summed E-state index contributed by atoms with van der Waals surface area (Å²) in [5.74, 6) is -1.13. The third kappa shape index (κ3) is 3.65. The Morgan fingerprint density at radius 3 is 2.22 bits per heavy atom. The van der Waals surface area contributed by atoms with Gasteiger partial charge in [-0.1, -0.05) is 54.4 Å². The Labute approximate surface area is 163 Å². The number of benzene rings is 2. The Morgan fingerprint density at radius 1 is 1.11 bits per heavy atom. The van der Waals surface area contributed by atoms with Crippen molar-refractivity contribution in [3.05, 3.63) is 76.3 Å². The highest BCUT2D eigenvalue weighted by atomic mass is 35.5. The van der Waals surface area contributed by atoms with E-state index >= 15 is 0 Å². The number of hydrogen-bond acceptors (Lipinski definition) is 3. The Bertz CT molecular complexity index is 982. The summed E-state index contributed by atoms with van der Waals surface area (Å²) in [6.07, 6.45) is 2.00. The Hall–Kier alpha value is -2.15. The van der Waals surface area contributed by atoms with Crippen molar-refractivity contribution in [1.82, 2.24) is 4.31 Å². The third-order valence-electron chi connectivity index (χ3n) is 4.70. The van der Waals surface area contributed by atoms with E-state index in [2.05, 4.69) is 0 Å². The van der Waals surface area contributed by atoms with Crippen molar-refractivity contribution >= 4 is 27.6 Å². The minimum Gasteiger partial charge on any atom is -0.478 e. The molecule has 1 aliphatic heterocycles. The first-order valence-corrected chi connectivity index (χ1v) is 10.4. The molecule has 0 fully saturated rings. The first-order valence-electron chi connectivity index (χ1n) is 8.56. The molecule has 5 nitrogen and oxygen atoms in total. The average Bonchev–Trinajstić information content (AvgIpc) is 3.03. The molecule has 0 spiro atoms. The second-order valence-corrected chi connectivity index (χ2v) is 8.78. The highest BCUT2D eigenvalue weighted by Crippen LogP contribution is 2.42. The topological polar surface area (TPSA) is 74.7 Å². The zero-order chi connectivity index (χ0) is 19.8. The predicted octanol–water partition coefficient (Wildman–Crippen LogP) is 4.18. The normalized spacial score (nSPS) is 20.5. The zero-order valence-electron chi connectivity index (χ0n) is 15.0. The Morgan fingerprint density at radius 2 is 1.70 bits per heavy atom. The fraction of sp³-hybridized carbons (Fsp3) is 0.250. The standard InChI is InChI=1S/C20H20ClNO4S/c1-3-16-12-18(20(23)24)19(14-6-8-15(21)9-7-14)22(16)27(25,26)17-10-4-13(2)5-11-17/h4-12,16,19H,3H2,1-2H3,(H,23,24)/t16-,19+/m1/s1. The summed E-state index contributed by atoms with van der Waals surface area (Å²) in [5.41, 5.74) is 1.57. The fourth-order valence-corrected chi connectivity index (χ4v) is 5.24. The van der Waals surface area contributed by atoms with Gasteiger partial charge in [0, 0.05) is 11.1 Å². The van der Waals surface area contributed by atoms with Crippen molar-refractivity contribution in [3.63, 3.8) is 0 Å². The molecule has 0 saturated carbocycles. The number of hydrogen-bond donors (Lipinski definition) is 1. The van der Waals surface area contributed by atoms with E-state index in [1.807, 2.05) is 13.8 Å². The summed E-state index contributed by atoms with van der Waals surface area (Å²) < 4.78 is 28.1. The molecule has 2 atom stereocenters. The maximum Gasteiger partial charge on any atom is 0.333 e. The lowest BCUT2D eigenvalue weighted by molar-refractivity contribution is -0.133. The highest BCUT2D eigenvalue weighted by Gasteiger charge is 2.45. The van der Waals surface area contributed by atoms with Crippen LogP contribution in [-0.4, -0.2) is 29.8 Å². The SMILES string of the molecule is CC[C@@H]1C=C(C(=O)O)[C@H](c2ccc(Cl)cc2)N1S(=O)(=O)c1ccc(C)cc1. The molecule has 2 aromatic rings. The van der Waals surface area contributed by atoms with Gasteiger partial charge in [0.1, 0.15) is 0 Å². The average molecular weight is 406 g/mol. The molecule has 1 heterocycles. The van der Waals surface area contributed by atoms with Gasteiger partial charge in [0.25, 0.3) is 0 Å². The lowest BCUT2D eigenvalue weighted by Gasteiger charge is -2.30. The van der Waals surface area contributed by atoms with Crippen LogP contribution in [0.1, 0.15) is 30.5 Å². The molecule has 0 amide bonds. The zero-order valence-corrected chi connectivity index (χ0v) is 16.5. The first kappa shape index (κ1) is 19.6. The van der Waals surface area contributed by atoms with Gasteiger partial charge >= 0.3 is 5.97 Å². The Kier molecular flexibility index (Phi) is 5.42. The lowest BCUT2D eigenvalue weighted by Crippen LogP contribution is -2.38. The van der Waals surface area contributed by atoms with Gasteiger partial charge < -0.3 is 5.11 Å². The molecule has 0 radical (unpaired) electrons. The van der Waals surface area contributed by atoms with Gasteiger partial charge in [-0.05, 0) is 43.2 Å². The van der Waals surface area contributed by atoms with Gasteiger partial charge in [0.15, 0.2) is 0 Å². The maximum atomic E-state index is 13.4. The highest BCUT2D eigenvalue weighted by molar-refractivity contribution is 7.89. The molecule has 0 aliphatic carbocycles. The summed E-state index contributed by atoms with van der Waals surface area (Å²) in [5, 5.41) is 10.2. The number of carbonyl (C=O) groups is 1. The molecule has 142 valence electrons. The van der Waals surface area contributed by atoms with Crippen LogP contribution in [-0.2, 0) is 14.8 Å². The fourth-order valence-electron chi connectivity index (χ4n) is 3.31. The van der Waals surface area contributed by atoms with Crippen LogP contribution in [0.2, 0.25) is 5.02 Å². The molecular formula is C20H20ClNO4S. The van der Waals surface area contributed by atoms with Crippen molar-refractivity contribution in [1.29, 1.82) is 0 Å². The van der Waals surface area contributed by atoms with E-state index in [0.717, 1.165) is 5.56 Å². The van der Waals surface area contributed by atoms with Gasteiger partial charge in [-0.15, -0.1) is 0 Å². The van der Waals surface area contributed by atoms with E-state index < -0.39 is 28.1 Å². The number of carboxylic acid groups (broad SMARTS) is 1. The summed E-state index contributed by atoms with van der Waals surface area (Å²) >= 11 is 5.95. The van der Waals surface area contributed by atoms with E-state index in [1.54, 1.807) is 48.5 Å².